The van der Waals surface area contributed by atoms with Gasteiger partial charge in [0.2, 0.25) is 11.9 Å². The molecule has 0 aromatic carbocycles. The Morgan fingerprint density at radius 2 is 2.32 bits per heavy atom. The first kappa shape index (κ1) is 13.8. The summed E-state index contributed by atoms with van der Waals surface area (Å²) in [5.74, 6) is 6.42. The maximum atomic E-state index is 9.26. The number of rotatable bonds is 5. The zero-order valence-electron chi connectivity index (χ0n) is 11.0. The smallest absolute Gasteiger partial charge is 0.323 e. The summed E-state index contributed by atoms with van der Waals surface area (Å²) < 4.78 is 5.30. The van der Waals surface area contributed by atoms with Crippen LogP contribution in [0.5, 0.6) is 6.01 Å². The Labute approximate surface area is 112 Å². The lowest BCUT2D eigenvalue weighted by molar-refractivity contribution is 0.208. The standard InChI is InChI=1S/C11H20N6O2/c1-2-19-11-14-9(16-12)13-10(15-11)17-5-3-4-8(6-17)7-18/h8,18H,2-7,12H2,1H3,(H,13,14,15,16). The Morgan fingerprint density at radius 3 is 3.00 bits per heavy atom. The van der Waals surface area contributed by atoms with Gasteiger partial charge in [0.05, 0.1) is 6.61 Å². The second kappa shape index (κ2) is 6.48. The Kier molecular flexibility index (Phi) is 4.69. The monoisotopic (exact) mass is 268 g/mol. The van der Waals surface area contributed by atoms with Crippen molar-refractivity contribution in [1.82, 2.24) is 15.0 Å². The molecule has 2 heterocycles. The highest BCUT2D eigenvalue weighted by Gasteiger charge is 2.22. The van der Waals surface area contributed by atoms with E-state index in [9.17, 15) is 5.11 Å². The van der Waals surface area contributed by atoms with Crippen molar-refractivity contribution in [3.63, 3.8) is 0 Å². The summed E-state index contributed by atoms with van der Waals surface area (Å²) in [5.41, 5.74) is 2.41. The van der Waals surface area contributed by atoms with E-state index >= 15 is 0 Å². The van der Waals surface area contributed by atoms with Crippen LogP contribution in [0.15, 0.2) is 0 Å². The average molecular weight is 268 g/mol. The van der Waals surface area contributed by atoms with Crippen molar-refractivity contribution >= 4 is 11.9 Å². The number of piperidine rings is 1. The van der Waals surface area contributed by atoms with Gasteiger partial charge in [0, 0.05) is 19.7 Å². The summed E-state index contributed by atoms with van der Waals surface area (Å²) in [5, 5.41) is 9.26. The molecule has 106 valence electrons. The minimum Gasteiger partial charge on any atom is -0.464 e. The first-order valence-electron chi connectivity index (χ1n) is 6.48. The molecule has 2 rings (SSSR count). The van der Waals surface area contributed by atoms with E-state index in [0.717, 1.165) is 25.9 Å². The van der Waals surface area contributed by atoms with Gasteiger partial charge in [-0.25, -0.2) is 5.84 Å². The zero-order chi connectivity index (χ0) is 13.7. The summed E-state index contributed by atoms with van der Waals surface area (Å²) in [6.07, 6.45) is 2.03. The summed E-state index contributed by atoms with van der Waals surface area (Å²) >= 11 is 0. The fraction of sp³-hybridized carbons (Fsp3) is 0.727. The Bertz CT molecular complexity index is 416. The summed E-state index contributed by atoms with van der Waals surface area (Å²) in [7, 11) is 0. The normalized spacial score (nSPS) is 19.3. The number of aliphatic hydroxyl groups excluding tert-OH is 1. The molecule has 1 unspecified atom stereocenters. The Hall–Kier alpha value is -1.67. The number of nitrogen functional groups attached to an aromatic ring is 1. The molecular formula is C11H20N6O2. The maximum Gasteiger partial charge on any atom is 0.323 e. The molecule has 0 bridgehead atoms. The molecule has 1 aromatic heterocycles. The number of nitrogens with two attached hydrogens (primary N) is 1. The highest BCUT2D eigenvalue weighted by molar-refractivity contribution is 5.38. The van der Waals surface area contributed by atoms with Crippen molar-refractivity contribution in [3.05, 3.63) is 0 Å². The summed E-state index contributed by atoms with van der Waals surface area (Å²) in [4.78, 5) is 14.5. The van der Waals surface area contributed by atoms with Crippen LogP contribution in [0.3, 0.4) is 0 Å². The van der Waals surface area contributed by atoms with Gasteiger partial charge < -0.3 is 14.7 Å². The molecule has 0 amide bonds. The lowest BCUT2D eigenvalue weighted by Crippen LogP contribution is -2.38. The minimum absolute atomic E-state index is 0.182. The number of hydrogen-bond acceptors (Lipinski definition) is 8. The van der Waals surface area contributed by atoms with E-state index < -0.39 is 0 Å². The van der Waals surface area contributed by atoms with Crippen LogP contribution in [0.25, 0.3) is 0 Å². The first-order chi connectivity index (χ1) is 9.26. The lowest BCUT2D eigenvalue weighted by atomic mass is 9.99. The van der Waals surface area contributed by atoms with E-state index in [1.165, 1.54) is 0 Å². The Balaban J connectivity index is 2.19. The van der Waals surface area contributed by atoms with Crippen LogP contribution in [-0.4, -0.2) is 46.4 Å². The van der Waals surface area contributed by atoms with E-state index in [2.05, 4.69) is 20.4 Å². The minimum atomic E-state index is 0.182. The predicted molar refractivity (Wildman–Crippen MR) is 70.8 cm³/mol. The molecule has 0 saturated carbocycles. The third-order valence-electron chi connectivity index (χ3n) is 3.07. The molecule has 0 spiro atoms. The SMILES string of the molecule is CCOc1nc(NN)nc(N2CCCC(CO)C2)n1. The molecule has 1 aliphatic heterocycles. The van der Waals surface area contributed by atoms with Gasteiger partial charge >= 0.3 is 6.01 Å². The molecule has 1 atom stereocenters. The van der Waals surface area contributed by atoms with Crippen molar-refractivity contribution in [2.45, 2.75) is 19.8 Å². The largest absolute Gasteiger partial charge is 0.464 e. The van der Waals surface area contributed by atoms with Gasteiger partial charge in [-0.2, -0.15) is 15.0 Å². The summed E-state index contributed by atoms with van der Waals surface area (Å²) in [6, 6.07) is 0.256. The Morgan fingerprint density at radius 1 is 1.47 bits per heavy atom. The molecular weight excluding hydrogens is 248 g/mol. The summed E-state index contributed by atoms with van der Waals surface area (Å²) in [6.45, 7) is 4.11. The van der Waals surface area contributed by atoms with Crippen molar-refractivity contribution in [1.29, 1.82) is 0 Å². The number of nitrogens with one attached hydrogen (secondary N) is 1. The second-order valence-electron chi connectivity index (χ2n) is 4.46. The van der Waals surface area contributed by atoms with Gasteiger partial charge in [-0.3, -0.25) is 5.43 Å². The van der Waals surface area contributed by atoms with Gasteiger partial charge in [-0.1, -0.05) is 0 Å². The molecule has 1 aliphatic rings. The number of aliphatic hydroxyl groups is 1. The molecule has 19 heavy (non-hydrogen) atoms. The van der Waals surface area contributed by atoms with Crippen LogP contribution in [0.2, 0.25) is 0 Å². The van der Waals surface area contributed by atoms with Crippen molar-refractivity contribution in [3.8, 4) is 6.01 Å². The predicted octanol–water partition coefficient (Wildman–Crippen LogP) is -0.235. The van der Waals surface area contributed by atoms with E-state index in [4.69, 9.17) is 10.6 Å². The highest BCUT2D eigenvalue weighted by atomic mass is 16.5. The number of anilines is 2. The number of nitrogens with zero attached hydrogens (tertiary/aromatic N) is 4. The van der Waals surface area contributed by atoms with Crippen LogP contribution in [0.4, 0.5) is 11.9 Å². The van der Waals surface area contributed by atoms with Crippen LogP contribution >= 0.6 is 0 Å². The maximum absolute atomic E-state index is 9.26. The molecule has 8 nitrogen and oxygen atoms in total. The van der Waals surface area contributed by atoms with E-state index in [1.807, 2.05) is 11.8 Å². The van der Waals surface area contributed by atoms with Gasteiger partial charge in [0.25, 0.3) is 0 Å². The molecule has 1 aromatic rings. The number of aromatic nitrogens is 3. The zero-order valence-corrected chi connectivity index (χ0v) is 11.0. The van der Waals surface area contributed by atoms with E-state index in [0.29, 0.717) is 12.6 Å². The van der Waals surface area contributed by atoms with E-state index in [-0.39, 0.29) is 24.5 Å². The quantitative estimate of drug-likeness (QED) is 0.496. The number of hydrazine groups is 1. The molecule has 8 heteroatoms. The second-order valence-corrected chi connectivity index (χ2v) is 4.46. The van der Waals surface area contributed by atoms with Crippen LogP contribution in [0, 0.1) is 5.92 Å². The third kappa shape index (κ3) is 3.42. The third-order valence-corrected chi connectivity index (χ3v) is 3.07. The fourth-order valence-electron chi connectivity index (χ4n) is 2.14. The molecule has 1 fully saturated rings. The van der Waals surface area contributed by atoms with Crippen LogP contribution < -0.4 is 20.9 Å². The lowest BCUT2D eigenvalue weighted by Gasteiger charge is -2.31. The topological polar surface area (TPSA) is 109 Å². The average Bonchev–Trinajstić information content (AvgIpc) is 2.47. The first-order valence-corrected chi connectivity index (χ1v) is 6.48. The fourth-order valence-corrected chi connectivity index (χ4v) is 2.14. The van der Waals surface area contributed by atoms with Gasteiger partial charge in [-0.15, -0.1) is 0 Å². The van der Waals surface area contributed by atoms with Gasteiger partial charge in [0.1, 0.15) is 0 Å². The number of ether oxygens (including phenoxy) is 1. The van der Waals surface area contributed by atoms with E-state index in [1.54, 1.807) is 0 Å². The van der Waals surface area contributed by atoms with Gasteiger partial charge in [0.15, 0.2) is 0 Å². The highest BCUT2D eigenvalue weighted by Crippen LogP contribution is 2.22. The van der Waals surface area contributed by atoms with Crippen molar-refractivity contribution < 1.29 is 9.84 Å². The van der Waals surface area contributed by atoms with Crippen LogP contribution in [0.1, 0.15) is 19.8 Å². The molecule has 0 radical (unpaired) electrons. The van der Waals surface area contributed by atoms with Gasteiger partial charge in [-0.05, 0) is 25.7 Å². The van der Waals surface area contributed by atoms with Crippen molar-refractivity contribution in [2.24, 2.45) is 11.8 Å². The molecule has 4 N–H and O–H groups in total. The van der Waals surface area contributed by atoms with Crippen molar-refractivity contribution in [2.75, 3.05) is 36.6 Å². The molecule has 0 aliphatic carbocycles. The number of hydrogen-bond donors (Lipinski definition) is 3. The van der Waals surface area contributed by atoms with Crippen LogP contribution in [-0.2, 0) is 0 Å². The molecule has 1 saturated heterocycles.